The number of hydrogen-bond donors (Lipinski definition) is 3. The van der Waals surface area contributed by atoms with Crippen molar-refractivity contribution in [1.29, 1.82) is 0 Å². The molecule has 1 aromatic carbocycles. The molecule has 1 aliphatic rings. The van der Waals surface area contributed by atoms with E-state index in [9.17, 15) is 14.0 Å². The fourth-order valence-electron chi connectivity index (χ4n) is 3.56. The van der Waals surface area contributed by atoms with Crippen LogP contribution in [-0.2, 0) is 4.79 Å². The van der Waals surface area contributed by atoms with Gasteiger partial charge >= 0.3 is 23.8 Å². The van der Waals surface area contributed by atoms with E-state index in [2.05, 4.69) is 25.8 Å². The highest BCUT2D eigenvalue weighted by Gasteiger charge is 2.27. The van der Waals surface area contributed by atoms with Crippen LogP contribution < -0.4 is 15.4 Å². The van der Waals surface area contributed by atoms with Crippen molar-refractivity contribution < 1.29 is 28.2 Å². The minimum Gasteiger partial charge on any atom is -0.481 e. The zero-order valence-corrected chi connectivity index (χ0v) is 18.8. The Hall–Kier alpha value is -3.73. The highest BCUT2D eigenvalue weighted by Crippen LogP contribution is 2.28. The number of halogens is 2. The average Bonchev–Trinajstić information content (AvgIpc) is 3.27. The number of amides is 1. The molecular weight excluding hydrogens is 469 g/mol. The van der Waals surface area contributed by atoms with Crippen molar-refractivity contribution >= 4 is 40.9 Å². The van der Waals surface area contributed by atoms with Gasteiger partial charge in [-0.05, 0) is 56.4 Å². The number of anilines is 3. The minimum atomic E-state index is -0.768. The van der Waals surface area contributed by atoms with Crippen molar-refractivity contribution in [2.24, 2.45) is 5.92 Å². The van der Waals surface area contributed by atoms with Gasteiger partial charge < -0.3 is 24.9 Å². The van der Waals surface area contributed by atoms with Gasteiger partial charge in [-0.3, -0.25) is 9.59 Å². The van der Waals surface area contributed by atoms with Crippen LogP contribution in [-0.4, -0.2) is 38.3 Å². The van der Waals surface area contributed by atoms with Gasteiger partial charge in [0.05, 0.1) is 22.8 Å². The van der Waals surface area contributed by atoms with Gasteiger partial charge in [-0.2, -0.15) is 0 Å². The second kappa shape index (κ2) is 10.0. The molecule has 1 fully saturated rings. The monoisotopic (exact) mass is 489 g/mol. The summed E-state index contributed by atoms with van der Waals surface area (Å²) in [6, 6.07) is 5.64. The number of rotatable bonds is 7. The Bertz CT molecular complexity index is 1210. The second-order valence-corrected chi connectivity index (χ2v) is 8.29. The summed E-state index contributed by atoms with van der Waals surface area (Å²) in [4.78, 5) is 27.8. The number of benzene rings is 1. The number of aromatic nitrogens is 3. The van der Waals surface area contributed by atoms with Crippen LogP contribution in [0.5, 0.6) is 5.88 Å². The molecule has 4 rings (SSSR count). The van der Waals surface area contributed by atoms with Crippen LogP contribution in [0.1, 0.15) is 41.9 Å². The van der Waals surface area contributed by atoms with E-state index in [1.807, 2.05) is 0 Å². The Morgan fingerprint density at radius 3 is 2.65 bits per heavy atom. The van der Waals surface area contributed by atoms with Crippen LogP contribution in [0, 0.1) is 18.7 Å². The van der Waals surface area contributed by atoms with E-state index < -0.39 is 17.7 Å². The third kappa shape index (κ3) is 5.60. The Morgan fingerprint density at radius 2 is 1.97 bits per heavy atom. The Kier molecular flexibility index (Phi) is 6.92. The number of nitrogens with zero attached hydrogens (tertiary/aromatic N) is 3. The summed E-state index contributed by atoms with van der Waals surface area (Å²) in [5.74, 6) is -2.25. The van der Waals surface area contributed by atoms with Crippen molar-refractivity contribution in [3.8, 4) is 5.88 Å². The maximum atomic E-state index is 13.6. The number of aryl methyl sites for hydroxylation is 1. The minimum absolute atomic E-state index is 0.0258. The molecule has 3 N–H and O–H groups in total. The molecule has 3 aromatic rings. The predicted molar refractivity (Wildman–Crippen MR) is 120 cm³/mol. The number of carbonyl (C=O) groups is 2. The molecule has 12 heteroatoms. The summed E-state index contributed by atoms with van der Waals surface area (Å²) in [6.07, 6.45) is 3.79. The number of hydrogen-bond acceptors (Lipinski definition) is 8. The van der Waals surface area contributed by atoms with Crippen molar-refractivity contribution in [2.45, 2.75) is 38.7 Å². The number of nitrogens with one attached hydrogen (secondary N) is 2. The predicted octanol–water partition coefficient (Wildman–Crippen LogP) is 4.58. The van der Waals surface area contributed by atoms with Gasteiger partial charge in [0.15, 0.2) is 0 Å². The van der Waals surface area contributed by atoms with Gasteiger partial charge in [-0.1, -0.05) is 16.7 Å². The van der Waals surface area contributed by atoms with E-state index in [0.717, 1.165) is 6.07 Å². The first-order chi connectivity index (χ1) is 16.3. The van der Waals surface area contributed by atoms with Crippen molar-refractivity contribution in [3.63, 3.8) is 0 Å². The molecule has 0 atom stereocenters. The standard InChI is InChI=1S/C22H21ClFN5O5/c1-11-8-18(33-14-5-2-12(3-6-14)21(31)32)25-10-17(11)27-19(30)20-28-29-22(34-20)26-13-4-7-15(23)16(24)9-13/h4,7-10,12,14H,2-3,5-6H2,1H3,(H,26,29)(H,27,30)(H,31,32). The summed E-state index contributed by atoms with van der Waals surface area (Å²) < 4.78 is 24.7. The van der Waals surface area contributed by atoms with Crippen LogP contribution in [0.25, 0.3) is 0 Å². The number of carbonyl (C=O) groups excluding carboxylic acids is 1. The summed E-state index contributed by atoms with van der Waals surface area (Å²) >= 11 is 5.65. The number of carboxylic acids is 1. The maximum Gasteiger partial charge on any atom is 0.320 e. The second-order valence-electron chi connectivity index (χ2n) is 7.89. The molecule has 2 heterocycles. The SMILES string of the molecule is Cc1cc(OC2CCC(C(=O)O)CC2)ncc1NC(=O)c1nnc(Nc2ccc(Cl)c(F)c2)o1. The Morgan fingerprint density at radius 1 is 1.21 bits per heavy atom. The molecule has 0 radical (unpaired) electrons. The zero-order valence-electron chi connectivity index (χ0n) is 18.0. The van der Waals surface area contributed by atoms with Gasteiger partial charge in [0.2, 0.25) is 5.88 Å². The molecule has 0 bridgehead atoms. The first-order valence-corrected chi connectivity index (χ1v) is 10.9. The van der Waals surface area contributed by atoms with Gasteiger partial charge in [0.25, 0.3) is 0 Å². The van der Waals surface area contributed by atoms with E-state index in [4.69, 9.17) is 25.9 Å². The molecule has 34 heavy (non-hydrogen) atoms. The van der Waals surface area contributed by atoms with Crippen LogP contribution in [0.2, 0.25) is 5.02 Å². The highest BCUT2D eigenvalue weighted by atomic mass is 35.5. The summed E-state index contributed by atoms with van der Waals surface area (Å²) in [6.45, 7) is 1.78. The van der Waals surface area contributed by atoms with Crippen LogP contribution in [0.4, 0.5) is 21.8 Å². The molecule has 0 saturated heterocycles. The topological polar surface area (TPSA) is 139 Å². The lowest BCUT2D eigenvalue weighted by atomic mass is 9.87. The largest absolute Gasteiger partial charge is 0.481 e. The number of ether oxygens (including phenoxy) is 1. The van der Waals surface area contributed by atoms with Crippen LogP contribution in [0.3, 0.4) is 0 Å². The third-order valence-corrected chi connectivity index (χ3v) is 5.74. The van der Waals surface area contributed by atoms with E-state index >= 15 is 0 Å². The Balaban J connectivity index is 1.34. The Labute approximate surface area is 198 Å². The number of pyridine rings is 1. The van der Waals surface area contributed by atoms with E-state index in [1.165, 1.54) is 18.3 Å². The zero-order chi connectivity index (χ0) is 24.2. The van der Waals surface area contributed by atoms with Gasteiger partial charge in [-0.15, -0.1) is 5.10 Å². The first kappa shape index (κ1) is 23.4. The number of aliphatic carboxylic acids is 1. The molecule has 1 aliphatic carbocycles. The van der Waals surface area contributed by atoms with Crippen molar-refractivity contribution in [2.75, 3.05) is 10.6 Å². The first-order valence-electron chi connectivity index (χ1n) is 10.5. The van der Waals surface area contributed by atoms with Crippen molar-refractivity contribution in [3.05, 3.63) is 52.8 Å². The average molecular weight is 490 g/mol. The fourth-order valence-corrected chi connectivity index (χ4v) is 3.68. The fraction of sp³-hybridized carbons (Fsp3) is 0.318. The molecule has 178 valence electrons. The van der Waals surface area contributed by atoms with E-state index in [-0.39, 0.29) is 28.9 Å². The molecule has 1 amide bonds. The molecule has 2 aromatic heterocycles. The summed E-state index contributed by atoms with van der Waals surface area (Å²) in [5, 5.41) is 21.8. The lowest BCUT2D eigenvalue weighted by Gasteiger charge is -2.26. The maximum absolute atomic E-state index is 13.6. The summed E-state index contributed by atoms with van der Waals surface area (Å²) in [7, 11) is 0. The smallest absolute Gasteiger partial charge is 0.320 e. The lowest BCUT2D eigenvalue weighted by Crippen LogP contribution is -2.28. The van der Waals surface area contributed by atoms with Crippen LogP contribution >= 0.6 is 11.6 Å². The molecular formula is C22H21ClFN5O5. The van der Waals surface area contributed by atoms with Gasteiger partial charge in [0, 0.05) is 11.8 Å². The molecule has 0 spiro atoms. The molecule has 0 aliphatic heterocycles. The van der Waals surface area contributed by atoms with Crippen LogP contribution in [0.15, 0.2) is 34.9 Å². The normalized spacial score (nSPS) is 17.7. The van der Waals surface area contributed by atoms with Crippen molar-refractivity contribution in [1.82, 2.24) is 15.2 Å². The third-order valence-electron chi connectivity index (χ3n) is 5.43. The van der Waals surface area contributed by atoms with Gasteiger partial charge in [-0.25, -0.2) is 9.37 Å². The molecule has 1 saturated carbocycles. The van der Waals surface area contributed by atoms with E-state index in [0.29, 0.717) is 48.5 Å². The summed E-state index contributed by atoms with van der Waals surface area (Å²) in [5.41, 5.74) is 1.45. The number of carboxylic acid groups (broad SMARTS) is 1. The molecule has 10 nitrogen and oxygen atoms in total. The van der Waals surface area contributed by atoms with Gasteiger partial charge in [0.1, 0.15) is 11.9 Å². The molecule has 0 unspecified atom stereocenters. The van der Waals surface area contributed by atoms with E-state index in [1.54, 1.807) is 13.0 Å². The lowest BCUT2D eigenvalue weighted by molar-refractivity contribution is -0.143. The highest BCUT2D eigenvalue weighted by molar-refractivity contribution is 6.30. The quantitative estimate of drug-likeness (QED) is 0.434.